The van der Waals surface area contributed by atoms with Gasteiger partial charge in [0.1, 0.15) is 23.7 Å². The van der Waals surface area contributed by atoms with Gasteiger partial charge in [-0.25, -0.2) is 13.9 Å². The highest BCUT2D eigenvalue weighted by atomic mass is 19.1. The molecule has 1 aromatic carbocycles. The van der Waals surface area contributed by atoms with Crippen molar-refractivity contribution in [1.29, 1.82) is 0 Å². The van der Waals surface area contributed by atoms with Crippen LogP contribution >= 0.6 is 0 Å². The molecule has 4 bridgehead atoms. The van der Waals surface area contributed by atoms with Crippen LogP contribution in [-0.4, -0.2) is 50.6 Å². The van der Waals surface area contributed by atoms with E-state index in [0.717, 1.165) is 58.9 Å². The Morgan fingerprint density at radius 3 is 2.53 bits per heavy atom. The van der Waals surface area contributed by atoms with E-state index in [1.807, 2.05) is 0 Å². The molecule has 4 fully saturated rings. The first-order valence-corrected chi connectivity index (χ1v) is 15.1. The van der Waals surface area contributed by atoms with E-state index < -0.39 is 23.7 Å². The van der Waals surface area contributed by atoms with E-state index in [9.17, 15) is 23.6 Å². The maximum atomic E-state index is 14.6. The van der Waals surface area contributed by atoms with E-state index in [0.29, 0.717) is 12.2 Å². The van der Waals surface area contributed by atoms with Gasteiger partial charge in [-0.1, -0.05) is 6.07 Å². The third-order valence-electron chi connectivity index (χ3n) is 9.79. The number of ketones is 2. The zero-order valence-corrected chi connectivity index (χ0v) is 24.0. The zero-order valence-electron chi connectivity index (χ0n) is 24.0. The molecule has 10 nitrogen and oxygen atoms in total. The predicted octanol–water partition coefficient (Wildman–Crippen LogP) is 3.60. The molecule has 8 rings (SSSR count). The topological polar surface area (TPSA) is 132 Å². The van der Waals surface area contributed by atoms with Gasteiger partial charge in [0.25, 0.3) is 11.8 Å². The van der Waals surface area contributed by atoms with E-state index in [4.69, 9.17) is 4.74 Å². The highest BCUT2D eigenvalue weighted by molar-refractivity contribution is 6.00. The summed E-state index contributed by atoms with van der Waals surface area (Å²) in [5, 5.41) is 9.45. The van der Waals surface area contributed by atoms with E-state index in [2.05, 4.69) is 20.7 Å². The average molecular weight is 588 g/mol. The normalized spacial score (nSPS) is 26.1. The first-order valence-electron chi connectivity index (χ1n) is 15.1. The second-order valence-electron chi connectivity index (χ2n) is 13.1. The number of carbonyl (C=O) groups is 4. The summed E-state index contributed by atoms with van der Waals surface area (Å²) < 4.78 is 21.0. The summed E-state index contributed by atoms with van der Waals surface area (Å²) in [4.78, 5) is 55.7. The Morgan fingerprint density at radius 1 is 1.09 bits per heavy atom. The Labute approximate surface area is 247 Å². The van der Waals surface area contributed by atoms with Crippen molar-refractivity contribution in [2.24, 2.45) is 23.2 Å². The predicted molar refractivity (Wildman–Crippen MR) is 152 cm³/mol. The minimum Gasteiger partial charge on any atom is -0.486 e. The van der Waals surface area contributed by atoms with Gasteiger partial charge < -0.3 is 15.4 Å². The molecule has 0 spiro atoms. The van der Waals surface area contributed by atoms with Gasteiger partial charge in [-0.15, -0.1) is 0 Å². The van der Waals surface area contributed by atoms with Crippen LogP contribution in [0.3, 0.4) is 0 Å². The number of hydrogen-bond donors (Lipinski definition) is 2. The molecular weight excluding hydrogens is 553 g/mol. The lowest BCUT2D eigenvalue weighted by Gasteiger charge is -2.57. The summed E-state index contributed by atoms with van der Waals surface area (Å²) in [5.41, 5.74) is 1.00. The van der Waals surface area contributed by atoms with Crippen molar-refractivity contribution in [1.82, 2.24) is 25.2 Å². The Hall–Kier alpha value is -4.15. The fraction of sp³-hybridized carbons (Fsp3) is 0.500. The molecule has 2 N–H and O–H groups in total. The first-order chi connectivity index (χ1) is 20.6. The average Bonchev–Trinajstić information content (AvgIpc) is 3.34. The lowest BCUT2D eigenvalue weighted by molar-refractivity contribution is -0.128. The third-order valence-corrected chi connectivity index (χ3v) is 9.79. The second-order valence-corrected chi connectivity index (χ2v) is 13.1. The number of rotatable bonds is 8. The maximum absolute atomic E-state index is 14.6. The van der Waals surface area contributed by atoms with E-state index in [-0.39, 0.29) is 53.6 Å². The number of nitrogens with one attached hydrogen (secondary N) is 2. The van der Waals surface area contributed by atoms with Crippen LogP contribution in [0.4, 0.5) is 4.39 Å². The van der Waals surface area contributed by atoms with Gasteiger partial charge in [-0.2, -0.15) is 5.10 Å². The molecule has 4 saturated carbocycles. The lowest BCUT2D eigenvalue weighted by atomic mass is 9.48. The van der Waals surface area contributed by atoms with Crippen LogP contribution < -0.4 is 15.4 Å². The Balaban J connectivity index is 1.05. The van der Waals surface area contributed by atoms with Crippen molar-refractivity contribution < 1.29 is 28.3 Å². The number of amides is 2. The smallest absolute Gasteiger partial charge is 0.270 e. The van der Waals surface area contributed by atoms with Gasteiger partial charge in [-0.3, -0.25) is 19.2 Å². The van der Waals surface area contributed by atoms with Crippen LogP contribution in [0.25, 0.3) is 5.65 Å². The number of ether oxygens (including phenoxy) is 1. The number of aromatic nitrogens is 3. The molecular formula is C32H34FN5O5. The van der Waals surface area contributed by atoms with Crippen LogP contribution in [0.1, 0.15) is 84.0 Å². The van der Waals surface area contributed by atoms with E-state index in [1.165, 1.54) is 25.3 Å². The number of halogens is 1. The van der Waals surface area contributed by atoms with E-state index in [1.54, 1.807) is 25.1 Å². The largest absolute Gasteiger partial charge is 0.486 e. The number of Topliss-reactive ketones (excluding diaryl/α,β-unsaturated/α-hetero) is 2. The molecule has 2 aromatic heterocycles. The van der Waals surface area contributed by atoms with Crippen molar-refractivity contribution >= 4 is 29.0 Å². The molecule has 224 valence electrons. The first kappa shape index (κ1) is 27.7. The molecule has 0 saturated heterocycles. The maximum Gasteiger partial charge on any atom is 0.270 e. The molecule has 1 aliphatic heterocycles. The number of benzene rings is 1. The van der Waals surface area contributed by atoms with Crippen LogP contribution in [0, 0.1) is 29.0 Å². The molecule has 3 aromatic rings. The zero-order chi connectivity index (χ0) is 29.9. The summed E-state index contributed by atoms with van der Waals surface area (Å²) in [6.45, 7) is 1.84. The summed E-state index contributed by atoms with van der Waals surface area (Å²) in [5.74, 6) is 0.721. The molecule has 1 atom stereocenters. The molecule has 43 heavy (non-hydrogen) atoms. The highest BCUT2D eigenvalue weighted by Gasteiger charge is 2.51. The van der Waals surface area contributed by atoms with Gasteiger partial charge in [0, 0.05) is 31.0 Å². The summed E-state index contributed by atoms with van der Waals surface area (Å²) in [6.07, 6.45) is 8.80. The second kappa shape index (κ2) is 10.5. The standard InChI is InChI=1S/C32H34FN5O5/c1-17(27(40)13-32-10-19-4-20(11-32)6-21(5-19)12-32)36-31(42)26-9-25(37-29-24(33)15-35-38(26)29)30(41)34-14-18-2-3-28-22(7-18)8-23(39)16-43-28/h2-3,7,9,15,17,19-21H,4-6,8,10-14,16H2,1H3,(H,34,41)(H,36,42)/t17-,19?,20?,21?,32?/m0/s1. The van der Waals surface area contributed by atoms with Gasteiger partial charge >= 0.3 is 0 Å². The minimum atomic E-state index is -0.783. The fourth-order valence-electron chi connectivity index (χ4n) is 8.31. The quantitative estimate of drug-likeness (QED) is 0.412. The molecule has 11 heteroatoms. The summed E-state index contributed by atoms with van der Waals surface area (Å²) >= 11 is 0. The molecule has 0 radical (unpaired) electrons. The Kier molecular flexibility index (Phi) is 6.78. The summed E-state index contributed by atoms with van der Waals surface area (Å²) in [6, 6.07) is 5.83. The molecule has 0 unspecified atom stereocenters. The van der Waals surface area contributed by atoms with Gasteiger partial charge in [0.05, 0.1) is 12.2 Å². The Bertz CT molecular complexity index is 1630. The van der Waals surface area contributed by atoms with Crippen LogP contribution in [0.2, 0.25) is 0 Å². The van der Waals surface area contributed by atoms with Gasteiger partial charge in [0.2, 0.25) is 0 Å². The molecule has 5 aliphatic rings. The molecule has 3 heterocycles. The van der Waals surface area contributed by atoms with Crippen molar-refractivity contribution in [3.63, 3.8) is 0 Å². The minimum absolute atomic E-state index is 0.0117. The highest BCUT2D eigenvalue weighted by Crippen LogP contribution is 2.61. The SMILES string of the molecule is C[C@H](NC(=O)c1cc(C(=O)NCc2ccc3c(c2)CC(=O)CO3)nc2c(F)cnn12)C(=O)CC12CC3CC(CC(C3)C1)C2. The van der Waals surface area contributed by atoms with Crippen molar-refractivity contribution in [3.05, 3.63) is 58.8 Å². The van der Waals surface area contributed by atoms with Crippen molar-refractivity contribution in [2.75, 3.05) is 6.61 Å². The van der Waals surface area contributed by atoms with Crippen molar-refractivity contribution in [2.45, 2.75) is 70.9 Å². The monoisotopic (exact) mass is 587 g/mol. The summed E-state index contributed by atoms with van der Waals surface area (Å²) in [7, 11) is 0. The molecule has 2 amide bonds. The Morgan fingerprint density at radius 2 is 1.81 bits per heavy atom. The van der Waals surface area contributed by atoms with Crippen LogP contribution in [0.15, 0.2) is 30.5 Å². The van der Waals surface area contributed by atoms with Gasteiger partial charge in [-0.05, 0) is 86.3 Å². The third kappa shape index (κ3) is 5.29. The van der Waals surface area contributed by atoms with Crippen LogP contribution in [0.5, 0.6) is 5.75 Å². The molecule has 4 aliphatic carbocycles. The number of carbonyl (C=O) groups excluding carboxylic acids is 4. The van der Waals surface area contributed by atoms with Crippen LogP contribution in [-0.2, 0) is 22.6 Å². The number of fused-ring (bicyclic) bond motifs is 2. The number of hydrogen-bond acceptors (Lipinski definition) is 7. The van der Waals surface area contributed by atoms with Gasteiger partial charge in [0.15, 0.2) is 23.0 Å². The lowest BCUT2D eigenvalue weighted by Crippen LogP contribution is -2.49. The number of nitrogens with zero attached hydrogens (tertiary/aromatic N) is 3. The fourth-order valence-corrected chi connectivity index (χ4v) is 8.31. The van der Waals surface area contributed by atoms with Crippen molar-refractivity contribution in [3.8, 4) is 5.75 Å². The van der Waals surface area contributed by atoms with E-state index >= 15 is 0 Å².